The topological polar surface area (TPSA) is 55.3 Å². The van der Waals surface area contributed by atoms with Gasteiger partial charge in [-0.1, -0.05) is 0 Å². The van der Waals surface area contributed by atoms with Gasteiger partial charge in [-0.15, -0.1) is 0 Å². The zero-order chi connectivity index (χ0) is 13.9. The second-order valence-electron chi connectivity index (χ2n) is 4.69. The largest absolute Gasteiger partial charge is 0.467 e. The molecular formula is C16H17N3O. The van der Waals surface area contributed by atoms with E-state index in [1.54, 1.807) is 12.5 Å². The minimum Gasteiger partial charge on any atom is -0.467 e. The molecule has 0 bridgehead atoms. The highest BCUT2D eigenvalue weighted by molar-refractivity contribution is 6.00. The van der Waals surface area contributed by atoms with Gasteiger partial charge in [-0.2, -0.15) is 0 Å². The van der Waals surface area contributed by atoms with Crippen LogP contribution in [0.5, 0.6) is 0 Å². The van der Waals surface area contributed by atoms with E-state index in [4.69, 9.17) is 10.2 Å². The lowest BCUT2D eigenvalue weighted by Crippen LogP contribution is -2.22. The monoisotopic (exact) mass is 267 g/mol. The first-order valence-electron chi connectivity index (χ1n) is 6.69. The Morgan fingerprint density at radius 2 is 2.10 bits per heavy atom. The summed E-state index contributed by atoms with van der Waals surface area (Å²) in [5, 5.41) is 2.11. The molecule has 20 heavy (non-hydrogen) atoms. The molecule has 0 saturated carbocycles. The van der Waals surface area contributed by atoms with Crippen molar-refractivity contribution in [1.82, 2.24) is 4.98 Å². The molecule has 0 amide bonds. The molecule has 0 spiro atoms. The molecule has 4 heteroatoms. The predicted octanol–water partition coefficient (Wildman–Crippen LogP) is 3.44. The van der Waals surface area contributed by atoms with Gasteiger partial charge in [0.25, 0.3) is 0 Å². The third-order valence-corrected chi connectivity index (χ3v) is 3.48. The van der Waals surface area contributed by atoms with Crippen LogP contribution in [0.25, 0.3) is 10.8 Å². The van der Waals surface area contributed by atoms with Gasteiger partial charge in [0.05, 0.1) is 12.8 Å². The molecule has 3 rings (SSSR count). The van der Waals surface area contributed by atoms with E-state index in [-0.39, 0.29) is 0 Å². The van der Waals surface area contributed by atoms with Gasteiger partial charge in [0.2, 0.25) is 0 Å². The van der Waals surface area contributed by atoms with Crippen molar-refractivity contribution >= 4 is 22.1 Å². The maximum atomic E-state index is 6.04. The number of aromatic nitrogens is 1. The lowest BCUT2D eigenvalue weighted by molar-refractivity contribution is 0.504. The summed E-state index contributed by atoms with van der Waals surface area (Å²) in [6.07, 6.45) is 5.34. The number of nitrogen functional groups attached to an aromatic ring is 1. The average molecular weight is 267 g/mol. The van der Waals surface area contributed by atoms with Gasteiger partial charge in [0.1, 0.15) is 5.76 Å². The highest BCUT2D eigenvalue weighted by Gasteiger charge is 2.12. The molecule has 2 N–H and O–H groups in total. The van der Waals surface area contributed by atoms with E-state index in [0.717, 1.165) is 41.0 Å². The molecule has 3 aromatic rings. The summed E-state index contributed by atoms with van der Waals surface area (Å²) in [6.45, 7) is 3.74. The Hall–Kier alpha value is -2.49. The summed E-state index contributed by atoms with van der Waals surface area (Å²) in [6, 6.07) is 9.84. The average Bonchev–Trinajstić information content (AvgIpc) is 2.99. The van der Waals surface area contributed by atoms with Gasteiger partial charge < -0.3 is 15.1 Å². The minimum atomic E-state index is 0.734. The number of furan rings is 1. The van der Waals surface area contributed by atoms with Crippen LogP contribution in [0.1, 0.15) is 12.7 Å². The van der Waals surface area contributed by atoms with Crippen molar-refractivity contribution in [3.63, 3.8) is 0 Å². The molecule has 102 valence electrons. The molecule has 0 aliphatic rings. The van der Waals surface area contributed by atoms with Crippen LogP contribution in [0.2, 0.25) is 0 Å². The summed E-state index contributed by atoms with van der Waals surface area (Å²) in [4.78, 5) is 6.47. The first-order valence-corrected chi connectivity index (χ1v) is 6.69. The molecule has 0 fully saturated rings. The molecule has 0 saturated heterocycles. The number of hydrogen-bond acceptors (Lipinski definition) is 4. The van der Waals surface area contributed by atoms with Crippen molar-refractivity contribution in [2.75, 3.05) is 17.2 Å². The number of nitrogens with two attached hydrogens (primary N) is 1. The fourth-order valence-corrected chi connectivity index (χ4v) is 2.43. The lowest BCUT2D eigenvalue weighted by Gasteiger charge is -2.24. The highest BCUT2D eigenvalue weighted by Crippen LogP contribution is 2.31. The summed E-state index contributed by atoms with van der Waals surface area (Å²) >= 11 is 0. The first kappa shape index (κ1) is 12.5. The SMILES string of the molecule is CCN(Cc1ccco1)c1ccc(N)c2ccncc12. The number of fused-ring (bicyclic) bond motifs is 1. The molecular weight excluding hydrogens is 250 g/mol. The van der Waals surface area contributed by atoms with Crippen LogP contribution in [0.15, 0.2) is 53.4 Å². The van der Waals surface area contributed by atoms with Crippen LogP contribution in [0.3, 0.4) is 0 Å². The van der Waals surface area contributed by atoms with Crippen LogP contribution in [-0.2, 0) is 6.54 Å². The van der Waals surface area contributed by atoms with Crippen LogP contribution in [0.4, 0.5) is 11.4 Å². The minimum absolute atomic E-state index is 0.734. The van der Waals surface area contributed by atoms with Crippen molar-refractivity contribution in [2.45, 2.75) is 13.5 Å². The van der Waals surface area contributed by atoms with Crippen LogP contribution >= 0.6 is 0 Å². The van der Waals surface area contributed by atoms with Crippen LogP contribution in [0, 0.1) is 0 Å². The second kappa shape index (κ2) is 5.25. The third kappa shape index (κ3) is 2.20. The van der Waals surface area contributed by atoms with Crippen LogP contribution in [-0.4, -0.2) is 11.5 Å². The number of pyridine rings is 1. The number of anilines is 2. The molecule has 0 aliphatic carbocycles. The van der Waals surface area contributed by atoms with E-state index >= 15 is 0 Å². The number of rotatable bonds is 4. The van der Waals surface area contributed by atoms with E-state index in [0.29, 0.717) is 0 Å². The number of benzene rings is 1. The van der Waals surface area contributed by atoms with Gasteiger partial charge in [-0.3, -0.25) is 4.98 Å². The summed E-state index contributed by atoms with van der Waals surface area (Å²) < 4.78 is 5.44. The van der Waals surface area contributed by atoms with E-state index in [9.17, 15) is 0 Å². The third-order valence-electron chi connectivity index (χ3n) is 3.48. The number of nitrogens with zero attached hydrogens (tertiary/aromatic N) is 2. The standard InChI is InChI=1S/C16H17N3O/c1-2-19(11-12-4-3-9-20-12)16-6-5-15(17)13-7-8-18-10-14(13)16/h3-10H,2,11,17H2,1H3. The van der Waals surface area contributed by atoms with E-state index in [2.05, 4.69) is 16.8 Å². The Labute approximate surface area is 117 Å². The van der Waals surface area contributed by atoms with Crippen LogP contribution < -0.4 is 10.6 Å². The summed E-state index contributed by atoms with van der Waals surface area (Å²) in [5.41, 5.74) is 7.94. The highest BCUT2D eigenvalue weighted by atomic mass is 16.3. The molecule has 4 nitrogen and oxygen atoms in total. The normalized spacial score (nSPS) is 10.8. The number of hydrogen-bond donors (Lipinski definition) is 1. The molecule has 0 radical (unpaired) electrons. The smallest absolute Gasteiger partial charge is 0.123 e. The quantitative estimate of drug-likeness (QED) is 0.736. The Kier molecular flexibility index (Phi) is 3.29. The van der Waals surface area contributed by atoms with E-state index < -0.39 is 0 Å². The van der Waals surface area contributed by atoms with Gasteiger partial charge in [0, 0.05) is 41.1 Å². The molecule has 1 aromatic carbocycles. The van der Waals surface area contributed by atoms with E-state index in [1.807, 2.05) is 36.5 Å². The Balaban J connectivity index is 2.05. The lowest BCUT2D eigenvalue weighted by atomic mass is 10.1. The maximum Gasteiger partial charge on any atom is 0.123 e. The van der Waals surface area contributed by atoms with Crippen molar-refractivity contribution in [3.8, 4) is 0 Å². The summed E-state index contributed by atoms with van der Waals surface area (Å²) in [5.74, 6) is 0.945. The van der Waals surface area contributed by atoms with Gasteiger partial charge in [-0.05, 0) is 37.3 Å². The molecule has 0 aliphatic heterocycles. The molecule has 0 atom stereocenters. The van der Waals surface area contributed by atoms with Crippen molar-refractivity contribution in [2.24, 2.45) is 0 Å². The molecule has 2 heterocycles. The Bertz CT molecular complexity index is 707. The van der Waals surface area contributed by atoms with Gasteiger partial charge >= 0.3 is 0 Å². The Morgan fingerprint density at radius 3 is 2.85 bits per heavy atom. The molecule has 2 aromatic heterocycles. The zero-order valence-electron chi connectivity index (χ0n) is 11.4. The second-order valence-corrected chi connectivity index (χ2v) is 4.69. The fraction of sp³-hybridized carbons (Fsp3) is 0.188. The van der Waals surface area contributed by atoms with Gasteiger partial charge in [-0.25, -0.2) is 0 Å². The zero-order valence-corrected chi connectivity index (χ0v) is 11.4. The van der Waals surface area contributed by atoms with Crippen molar-refractivity contribution in [3.05, 3.63) is 54.7 Å². The fourth-order valence-electron chi connectivity index (χ4n) is 2.43. The van der Waals surface area contributed by atoms with Gasteiger partial charge in [0.15, 0.2) is 0 Å². The van der Waals surface area contributed by atoms with E-state index in [1.165, 1.54) is 0 Å². The maximum absolute atomic E-state index is 6.04. The van der Waals surface area contributed by atoms with Crippen molar-refractivity contribution < 1.29 is 4.42 Å². The van der Waals surface area contributed by atoms with Crippen molar-refractivity contribution in [1.29, 1.82) is 0 Å². The molecule has 0 unspecified atom stereocenters. The first-order chi connectivity index (χ1) is 9.79. The Morgan fingerprint density at radius 1 is 1.20 bits per heavy atom. The predicted molar refractivity (Wildman–Crippen MR) is 81.6 cm³/mol. The summed E-state index contributed by atoms with van der Waals surface area (Å²) in [7, 11) is 0.